The SMILES string of the molecule is O=C(Nc1cccc(C(=O)Nc2ccc(Cn3ccnc3)cn2)c1)Nc1ccc(Cl)c(Cl)c1. The summed E-state index contributed by atoms with van der Waals surface area (Å²) in [5.74, 6) is 0.0727. The standard InChI is InChI=1S/C23H18Cl2N6O2/c24-19-6-5-18(11-20(19)25)29-23(33)28-17-3-1-2-16(10-17)22(32)30-21-7-4-15(12-27-21)13-31-9-8-26-14-31/h1-12,14H,13H2,(H,27,30,32)(H2,28,29,33). The number of carbonyl (C=O) groups is 2. The number of rotatable bonds is 6. The quantitative estimate of drug-likeness (QED) is 0.337. The first kappa shape index (κ1) is 22.3. The summed E-state index contributed by atoms with van der Waals surface area (Å²) in [6.07, 6.45) is 6.99. The fourth-order valence-electron chi connectivity index (χ4n) is 2.98. The molecule has 10 heteroatoms. The van der Waals surface area contributed by atoms with Crippen LogP contribution < -0.4 is 16.0 Å². The summed E-state index contributed by atoms with van der Waals surface area (Å²) in [5.41, 5.74) is 2.28. The predicted molar refractivity (Wildman–Crippen MR) is 129 cm³/mol. The van der Waals surface area contributed by atoms with Crippen molar-refractivity contribution in [3.8, 4) is 0 Å². The maximum absolute atomic E-state index is 12.6. The summed E-state index contributed by atoms with van der Waals surface area (Å²) in [7, 11) is 0. The van der Waals surface area contributed by atoms with Crippen LogP contribution in [-0.4, -0.2) is 26.5 Å². The molecule has 4 aromatic rings. The van der Waals surface area contributed by atoms with E-state index in [1.807, 2.05) is 16.8 Å². The van der Waals surface area contributed by atoms with E-state index < -0.39 is 6.03 Å². The molecular weight excluding hydrogens is 463 g/mol. The third-order valence-electron chi connectivity index (χ3n) is 4.55. The van der Waals surface area contributed by atoms with Crippen molar-refractivity contribution in [2.24, 2.45) is 0 Å². The number of benzene rings is 2. The molecule has 0 radical (unpaired) electrons. The van der Waals surface area contributed by atoms with E-state index in [0.29, 0.717) is 39.3 Å². The Hall–Kier alpha value is -3.88. The molecular formula is C23H18Cl2N6O2. The smallest absolute Gasteiger partial charge is 0.323 e. The number of nitrogens with one attached hydrogen (secondary N) is 3. The first-order valence-corrected chi connectivity index (χ1v) is 10.6. The molecule has 0 fully saturated rings. The van der Waals surface area contributed by atoms with E-state index in [9.17, 15) is 9.59 Å². The molecule has 0 aliphatic carbocycles. The highest BCUT2D eigenvalue weighted by molar-refractivity contribution is 6.42. The molecule has 3 amide bonds. The van der Waals surface area contributed by atoms with Crippen LogP contribution in [0.1, 0.15) is 15.9 Å². The van der Waals surface area contributed by atoms with Gasteiger partial charge in [0, 0.05) is 42.1 Å². The Kier molecular flexibility index (Phi) is 6.87. The summed E-state index contributed by atoms with van der Waals surface area (Å²) >= 11 is 11.8. The molecule has 8 nitrogen and oxygen atoms in total. The van der Waals surface area contributed by atoms with Crippen molar-refractivity contribution in [1.29, 1.82) is 0 Å². The third kappa shape index (κ3) is 6.09. The van der Waals surface area contributed by atoms with E-state index in [-0.39, 0.29) is 5.91 Å². The lowest BCUT2D eigenvalue weighted by atomic mass is 10.2. The molecule has 2 heterocycles. The first-order valence-electron chi connectivity index (χ1n) is 9.81. The molecule has 0 bridgehead atoms. The van der Waals surface area contributed by atoms with Crippen molar-refractivity contribution >= 4 is 52.3 Å². The highest BCUT2D eigenvalue weighted by Gasteiger charge is 2.10. The van der Waals surface area contributed by atoms with Gasteiger partial charge in [-0.15, -0.1) is 0 Å². The van der Waals surface area contributed by atoms with Crippen LogP contribution in [0.4, 0.5) is 22.0 Å². The number of hydrogen-bond donors (Lipinski definition) is 3. The van der Waals surface area contributed by atoms with Crippen LogP contribution in [-0.2, 0) is 6.54 Å². The lowest BCUT2D eigenvalue weighted by molar-refractivity contribution is 0.102. The number of halogens is 2. The molecule has 33 heavy (non-hydrogen) atoms. The molecule has 0 spiro atoms. The Balaban J connectivity index is 1.36. The van der Waals surface area contributed by atoms with Gasteiger partial charge in [-0.05, 0) is 48.0 Å². The van der Waals surface area contributed by atoms with Crippen LogP contribution in [0, 0.1) is 0 Å². The van der Waals surface area contributed by atoms with Gasteiger partial charge < -0.3 is 20.5 Å². The topological polar surface area (TPSA) is 101 Å². The van der Waals surface area contributed by atoms with Crippen LogP contribution in [0.3, 0.4) is 0 Å². The van der Waals surface area contributed by atoms with Crippen LogP contribution in [0.15, 0.2) is 79.5 Å². The second kappa shape index (κ2) is 10.2. The number of imidazole rings is 1. The van der Waals surface area contributed by atoms with E-state index in [1.54, 1.807) is 67.3 Å². The van der Waals surface area contributed by atoms with Gasteiger partial charge in [0.05, 0.1) is 16.4 Å². The number of aromatic nitrogens is 3. The van der Waals surface area contributed by atoms with Gasteiger partial charge in [0.2, 0.25) is 0 Å². The van der Waals surface area contributed by atoms with Crippen LogP contribution in [0.5, 0.6) is 0 Å². The Labute approximate surface area is 199 Å². The average Bonchev–Trinajstić information content (AvgIpc) is 3.31. The van der Waals surface area contributed by atoms with Crippen LogP contribution >= 0.6 is 23.2 Å². The Morgan fingerprint density at radius 1 is 0.909 bits per heavy atom. The van der Waals surface area contributed by atoms with Crippen molar-refractivity contribution in [1.82, 2.24) is 14.5 Å². The molecule has 0 unspecified atom stereocenters. The molecule has 0 saturated carbocycles. The zero-order valence-electron chi connectivity index (χ0n) is 17.1. The van der Waals surface area contributed by atoms with Crippen molar-refractivity contribution in [3.63, 3.8) is 0 Å². The van der Waals surface area contributed by atoms with E-state index >= 15 is 0 Å². The summed E-state index contributed by atoms with van der Waals surface area (Å²) in [4.78, 5) is 33.2. The number of nitrogens with zero attached hydrogens (tertiary/aromatic N) is 3. The minimum absolute atomic E-state index is 0.330. The molecule has 0 atom stereocenters. The summed E-state index contributed by atoms with van der Waals surface area (Å²) in [6.45, 7) is 0.638. The fraction of sp³-hybridized carbons (Fsp3) is 0.0435. The van der Waals surface area contributed by atoms with Crippen LogP contribution in [0.2, 0.25) is 10.0 Å². The number of anilines is 3. The highest BCUT2D eigenvalue weighted by atomic mass is 35.5. The molecule has 166 valence electrons. The lowest BCUT2D eigenvalue weighted by Gasteiger charge is -2.10. The minimum atomic E-state index is -0.485. The monoisotopic (exact) mass is 480 g/mol. The minimum Gasteiger partial charge on any atom is -0.333 e. The van der Waals surface area contributed by atoms with Gasteiger partial charge in [-0.1, -0.05) is 35.3 Å². The fourth-order valence-corrected chi connectivity index (χ4v) is 3.28. The van der Waals surface area contributed by atoms with E-state index in [1.165, 1.54) is 0 Å². The van der Waals surface area contributed by atoms with Gasteiger partial charge in [0.15, 0.2) is 0 Å². The molecule has 3 N–H and O–H groups in total. The predicted octanol–water partition coefficient (Wildman–Crippen LogP) is 5.53. The van der Waals surface area contributed by atoms with Gasteiger partial charge in [-0.25, -0.2) is 14.8 Å². The Morgan fingerprint density at radius 3 is 2.42 bits per heavy atom. The average molecular weight is 481 g/mol. The lowest BCUT2D eigenvalue weighted by Crippen LogP contribution is -2.20. The largest absolute Gasteiger partial charge is 0.333 e. The van der Waals surface area contributed by atoms with E-state index in [0.717, 1.165) is 5.56 Å². The molecule has 4 rings (SSSR count). The third-order valence-corrected chi connectivity index (χ3v) is 5.29. The summed E-state index contributed by atoms with van der Waals surface area (Å²) in [6, 6.07) is 14.4. The Morgan fingerprint density at radius 2 is 1.73 bits per heavy atom. The van der Waals surface area contributed by atoms with Gasteiger partial charge in [-0.2, -0.15) is 0 Å². The van der Waals surface area contributed by atoms with Crippen LogP contribution in [0.25, 0.3) is 0 Å². The molecule has 0 aliphatic heterocycles. The van der Waals surface area contributed by atoms with Crippen molar-refractivity contribution in [2.75, 3.05) is 16.0 Å². The zero-order valence-corrected chi connectivity index (χ0v) is 18.6. The second-order valence-corrected chi connectivity index (χ2v) is 7.84. The normalized spacial score (nSPS) is 10.5. The van der Waals surface area contributed by atoms with Gasteiger partial charge in [0.1, 0.15) is 5.82 Å². The van der Waals surface area contributed by atoms with E-state index in [2.05, 4.69) is 25.9 Å². The maximum Gasteiger partial charge on any atom is 0.323 e. The molecule has 2 aromatic heterocycles. The second-order valence-electron chi connectivity index (χ2n) is 7.03. The molecule has 0 aliphatic rings. The van der Waals surface area contributed by atoms with E-state index in [4.69, 9.17) is 23.2 Å². The van der Waals surface area contributed by atoms with Gasteiger partial charge in [0.25, 0.3) is 5.91 Å². The Bertz CT molecular complexity index is 1280. The number of urea groups is 1. The van der Waals surface area contributed by atoms with Crippen molar-refractivity contribution in [2.45, 2.75) is 6.54 Å². The number of amides is 3. The summed E-state index contributed by atoms with van der Waals surface area (Å²) < 4.78 is 1.92. The van der Waals surface area contributed by atoms with Crippen molar-refractivity contribution < 1.29 is 9.59 Å². The summed E-state index contributed by atoms with van der Waals surface area (Å²) in [5, 5.41) is 8.82. The first-order chi connectivity index (χ1) is 16.0. The molecule has 0 saturated heterocycles. The number of hydrogen-bond acceptors (Lipinski definition) is 4. The maximum atomic E-state index is 12.6. The number of carbonyl (C=O) groups excluding carboxylic acids is 2. The number of pyridine rings is 1. The highest BCUT2D eigenvalue weighted by Crippen LogP contribution is 2.25. The van der Waals surface area contributed by atoms with Gasteiger partial charge in [-0.3, -0.25) is 4.79 Å². The van der Waals surface area contributed by atoms with Gasteiger partial charge >= 0.3 is 6.03 Å². The molecule has 2 aromatic carbocycles. The van der Waals surface area contributed by atoms with Crippen molar-refractivity contribution in [3.05, 3.63) is 101 Å². The zero-order chi connectivity index (χ0) is 23.2.